The number of rotatable bonds is 4. The van der Waals surface area contributed by atoms with Crippen molar-refractivity contribution in [1.82, 2.24) is 5.32 Å². The molecule has 1 aliphatic heterocycles. The third-order valence-electron chi connectivity index (χ3n) is 2.19. The fourth-order valence-corrected chi connectivity index (χ4v) is 1.68. The zero-order valence-corrected chi connectivity index (χ0v) is 7.68. The van der Waals surface area contributed by atoms with E-state index < -0.39 is 0 Å². The van der Waals surface area contributed by atoms with Gasteiger partial charge in [0, 0.05) is 11.8 Å². The molecule has 1 aliphatic rings. The summed E-state index contributed by atoms with van der Waals surface area (Å²) >= 11 is 5.52. The molecule has 2 N–H and O–H groups in total. The molecule has 2 atom stereocenters. The molecule has 3 nitrogen and oxygen atoms in total. The summed E-state index contributed by atoms with van der Waals surface area (Å²) < 4.78 is 0. The predicted molar refractivity (Wildman–Crippen MR) is 47.1 cm³/mol. The molecule has 0 radical (unpaired) electrons. The van der Waals surface area contributed by atoms with E-state index in [2.05, 4.69) is 5.32 Å². The maximum atomic E-state index is 11.2. The highest BCUT2D eigenvalue weighted by atomic mass is 35.5. The lowest BCUT2D eigenvalue weighted by Crippen LogP contribution is -2.28. The first kappa shape index (κ1) is 9.81. The highest BCUT2D eigenvalue weighted by Crippen LogP contribution is 2.20. The van der Waals surface area contributed by atoms with Gasteiger partial charge < -0.3 is 10.4 Å². The molecule has 0 bridgehead atoms. The van der Waals surface area contributed by atoms with Gasteiger partial charge in [-0.1, -0.05) is 0 Å². The van der Waals surface area contributed by atoms with Crippen LogP contribution in [0.4, 0.5) is 0 Å². The molecule has 0 aromatic heterocycles. The van der Waals surface area contributed by atoms with Crippen molar-refractivity contribution in [2.24, 2.45) is 5.92 Å². The number of carbonyl (C=O) groups is 1. The van der Waals surface area contributed by atoms with Crippen LogP contribution in [-0.4, -0.2) is 29.5 Å². The average molecular weight is 192 g/mol. The van der Waals surface area contributed by atoms with Gasteiger partial charge in [-0.2, -0.15) is 0 Å². The van der Waals surface area contributed by atoms with Crippen LogP contribution in [0.1, 0.15) is 19.3 Å². The second-order valence-electron chi connectivity index (χ2n) is 3.15. The third kappa shape index (κ3) is 2.35. The van der Waals surface area contributed by atoms with E-state index >= 15 is 0 Å². The summed E-state index contributed by atoms with van der Waals surface area (Å²) in [6.45, 7) is 0.0448. The van der Waals surface area contributed by atoms with Gasteiger partial charge in [-0.3, -0.25) is 4.79 Å². The highest BCUT2D eigenvalue weighted by Gasteiger charge is 2.30. The lowest BCUT2D eigenvalue weighted by atomic mass is 10.0. The lowest BCUT2D eigenvalue weighted by Gasteiger charge is -2.04. The van der Waals surface area contributed by atoms with Gasteiger partial charge in [-0.05, 0) is 19.3 Å². The summed E-state index contributed by atoms with van der Waals surface area (Å²) in [7, 11) is 0. The number of carbonyl (C=O) groups excluding carboxylic acids is 1. The quantitative estimate of drug-likeness (QED) is 0.636. The highest BCUT2D eigenvalue weighted by molar-refractivity contribution is 6.17. The molecule has 1 heterocycles. The topological polar surface area (TPSA) is 49.3 Å². The van der Waals surface area contributed by atoms with E-state index in [4.69, 9.17) is 16.7 Å². The molecular weight excluding hydrogens is 178 g/mol. The van der Waals surface area contributed by atoms with Crippen LogP contribution in [0.15, 0.2) is 0 Å². The van der Waals surface area contributed by atoms with Crippen molar-refractivity contribution in [3.63, 3.8) is 0 Å². The molecule has 0 aromatic carbocycles. The van der Waals surface area contributed by atoms with E-state index in [1.807, 2.05) is 0 Å². The van der Waals surface area contributed by atoms with Gasteiger partial charge in [-0.15, -0.1) is 11.6 Å². The smallest absolute Gasteiger partial charge is 0.223 e. The Morgan fingerprint density at radius 1 is 1.67 bits per heavy atom. The molecule has 12 heavy (non-hydrogen) atoms. The molecule has 0 aromatic rings. The van der Waals surface area contributed by atoms with Gasteiger partial charge in [0.1, 0.15) is 0 Å². The van der Waals surface area contributed by atoms with Gasteiger partial charge in [-0.25, -0.2) is 0 Å². The Bertz CT molecular complexity index is 163. The monoisotopic (exact) mass is 191 g/mol. The van der Waals surface area contributed by atoms with Crippen molar-refractivity contribution >= 4 is 17.5 Å². The van der Waals surface area contributed by atoms with E-state index in [1.54, 1.807) is 0 Å². The van der Waals surface area contributed by atoms with Crippen molar-refractivity contribution in [2.75, 3.05) is 12.5 Å². The second kappa shape index (κ2) is 4.67. The van der Waals surface area contributed by atoms with E-state index in [1.165, 1.54) is 0 Å². The zero-order chi connectivity index (χ0) is 8.97. The van der Waals surface area contributed by atoms with E-state index in [9.17, 15) is 4.79 Å². The number of nitrogens with one attached hydrogen (secondary N) is 1. The number of halogens is 1. The van der Waals surface area contributed by atoms with Crippen molar-refractivity contribution in [2.45, 2.75) is 25.3 Å². The Morgan fingerprint density at radius 2 is 2.42 bits per heavy atom. The van der Waals surface area contributed by atoms with Gasteiger partial charge in [0.25, 0.3) is 0 Å². The number of hydrogen-bond donors (Lipinski definition) is 2. The lowest BCUT2D eigenvalue weighted by molar-refractivity contribution is -0.122. The van der Waals surface area contributed by atoms with Crippen LogP contribution in [0.3, 0.4) is 0 Å². The molecule has 2 unspecified atom stereocenters. The number of aliphatic hydroxyl groups excluding tert-OH is 1. The van der Waals surface area contributed by atoms with Gasteiger partial charge in [0.15, 0.2) is 0 Å². The molecule has 1 saturated heterocycles. The van der Waals surface area contributed by atoms with E-state index in [0.29, 0.717) is 5.88 Å². The zero-order valence-electron chi connectivity index (χ0n) is 6.92. The average Bonchev–Trinajstić information content (AvgIpc) is 2.43. The summed E-state index contributed by atoms with van der Waals surface area (Å²) in [5.74, 6) is 0.744. The summed E-state index contributed by atoms with van der Waals surface area (Å²) in [5, 5.41) is 11.5. The Hall–Kier alpha value is -0.280. The molecule has 1 rings (SSSR count). The van der Waals surface area contributed by atoms with Crippen LogP contribution in [0.2, 0.25) is 0 Å². The first-order chi connectivity index (χ1) is 5.77. The van der Waals surface area contributed by atoms with Crippen molar-refractivity contribution < 1.29 is 9.90 Å². The van der Waals surface area contributed by atoms with Crippen LogP contribution in [-0.2, 0) is 4.79 Å². The SMILES string of the molecule is O=C1NC(CO)CC1CCCCl. The predicted octanol–water partition coefficient (Wildman–Crippen LogP) is 0.502. The normalized spacial score (nSPS) is 29.0. The van der Waals surface area contributed by atoms with Crippen molar-refractivity contribution in [3.8, 4) is 0 Å². The fourth-order valence-electron chi connectivity index (χ4n) is 1.52. The Balaban J connectivity index is 2.31. The molecule has 0 saturated carbocycles. The molecule has 0 aliphatic carbocycles. The van der Waals surface area contributed by atoms with Crippen LogP contribution in [0.5, 0.6) is 0 Å². The first-order valence-corrected chi connectivity index (χ1v) is 4.78. The van der Waals surface area contributed by atoms with Gasteiger partial charge in [0.05, 0.1) is 12.6 Å². The maximum Gasteiger partial charge on any atom is 0.223 e. The van der Waals surface area contributed by atoms with Gasteiger partial charge in [0.2, 0.25) is 5.91 Å². The minimum atomic E-state index is -0.0298. The van der Waals surface area contributed by atoms with Crippen LogP contribution in [0, 0.1) is 5.92 Å². The number of aliphatic hydroxyl groups is 1. The van der Waals surface area contributed by atoms with E-state index in [0.717, 1.165) is 19.3 Å². The molecular formula is C8H14ClNO2. The Morgan fingerprint density at radius 3 is 2.92 bits per heavy atom. The Kier molecular flexibility index (Phi) is 3.82. The standard InChI is InChI=1S/C8H14ClNO2/c9-3-1-2-6-4-7(5-11)10-8(6)12/h6-7,11H,1-5H2,(H,10,12). The molecule has 1 fully saturated rings. The first-order valence-electron chi connectivity index (χ1n) is 4.25. The van der Waals surface area contributed by atoms with Crippen molar-refractivity contribution in [3.05, 3.63) is 0 Å². The van der Waals surface area contributed by atoms with Crippen LogP contribution >= 0.6 is 11.6 Å². The summed E-state index contributed by atoms with van der Waals surface area (Å²) in [6, 6.07) is -0.0298. The largest absolute Gasteiger partial charge is 0.394 e. The summed E-state index contributed by atoms with van der Waals surface area (Å²) in [6.07, 6.45) is 2.47. The molecule has 70 valence electrons. The molecule has 4 heteroatoms. The minimum absolute atomic E-state index is 0.0298. The number of alkyl halides is 1. The number of hydrogen-bond acceptors (Lipinski definition) is 2. The fraction of sp³-hybridized carbons (Fsp3) is 0.875. The third-order valence-corrected chi connectivity index (χ3v) is 2.46. The van der Waals surface area contributed by atoms with Gasteiger partial charge >= 0.3 is 0 Å². The maximum absolute atomic E-state index is 11.2. The Labute approximate surface area is 77.1 Å². The second-order valence-corrected chi connectivity index (χ2v) is 3.53. The molecule has 1 amide bonds. The van der Waals surface area contributed by atoms with E-state index in [-0.39, 0.29) is 24.5 Å². The summed E-state index contributed by atoms with van der Waals surface area (Å²) in [4.78, 5) is 11.2. The number of amides is 1. The van der Waals surface area contributed by atoms with Crippen LogP contribution in [0.25, 0.3) is 0 Å². The summed E-state index contributed by atoms with van der Waals surface area (Å²) in [5.41, 5.74) is 0. The molecule has 0 spiro atoms. The van der Waals surface area contributed by atoms with Crippen LogP contribution < -0.4 is 5.32 Å². The van der Waals surface area contributed by atoms with Crippen molar-refractivity contribution in [1.29, 1.82) is 0 Å². The minimum Gasteiger partial charge on any atom is -0.394 e.